The minimum Gasteiger partial charge on any atom is -0.390 e. The molecule has 0 unspecified atom stereocenters. The minimum absolute atomic E-state index is 0.406. The third-order valence-electron chi connectivity index (χ3n) is 4.06. The van der Waals surface area contributed by atoms with Gasteiger partial charge in [0.05, 0.1) is 6.54 Å². The highest BCUT2D eigenvalue weighted by molar-refractivity contribution is 5.57. The number of alkyl halides is 2. The molecular weight excluding hydrogens is 314 g/mol. The number of aliphatic hydroxyl groups is 1. The second-order valence-corrected chi connectivity index (χ2v) is 5.88. The van der Waals surface area contributed by atoms with Crippen LogP contribution in [0.2, 0.25) is 0 Å². The van der Waals surface area contributed by atoms with E-state index in [1.165, 1.54) is 0 Å². The van der Waals surface area contributed by atoms with E-state index in [-0.39, 0.29) is 0 Å². The molecule has 128 valence electrons. The second kappa shape index (κ2) is 7.19. The highest BCUT2D eigenvalue weighted by Gasteiger charge is 2.32. The average molecular weight is 334 g/mol. The number of halogens is 2. The smallest absolute Gasteiger partial charge is 0.283 e. The molecule has 0 spiro atoms. The van der Waals surface area contributed by atoms with E-state index in [0.717, 1.165) is 11.4 Å². The van der Waals surface area contributed by atoms with Gasteiger partial charge in [-0.3, -0.25) is 4.90 Å². The molecule has 3 rings (SSSR count). The number of aliphatic hydroxyl groups excluding tert-OH is 1. The third-order valence-corrected chi connectivity index (χ3v) is 4.06. The molecule has 2 aromatic rings. The van der Waals surface area contributed by atoms with Gasteiger partial charge in [0.25, 0.3) is 5.92 Å². The standard InChI is InChI=1S/C17H20F2N4O/c18-17(19,13-24)12-22-8-10-23(11-9-22)15-6-7-20-16(21-15)14-4-2-1-3-5-14/h1-7,24H,8-13H2. The Labute approximate surface area is 139 Å². The molecule has 0 atom stereocenters. The number of rotatable bonds is 5. The lowest BCUT2D eigenvalue weighted by atomic mass is 10.2. The first-order valence-electron chi connectivity index (χ1n) is 7.92. The third kappa shape index (κ3) is 4.04. The van der Waals surface area contributed by atoms with Crippen molar-refractivity contribution in [1.82, 2.24) is 14.9 Å². The van der Waals surface area contributed by atoms with Crippen LogP contribution in [-0.2, 0) is 0 Å². The quantitative estimate of drug-likeness (QED) is 0.905. The zero-order valence-electron chi connectivity index (χ0n) is 13.3. The van der Waals surface area contributed by atoms with Crippen molar-refractivity contribution in [3.05, 3.63) is 42.6 Å². The number of aromatic nitrogens is 2. The molecule has 0 amide bonds. The van der Waals surface area contributed by atoms with Crippen molar-refractivity contribution in [3.63, 3.8) is 0 Å². The van der Waals surface area contributed by atoms with Crippen LogP contribution in [0.15, 0.2) is 42.6 Å². The molecule has 0 bridgehead atoms. The summed E-state index contributed by atoms with van der Waals surface area (Å²) in [7, 11) is 0. The van der Waals surface area contributed by atoms with E-state index in [9.17, 15) is 8.78 Å². The van der Waals surface area contributed by atoms with Gasteiger partial charge in [-0.1, -0.05) is 30.3 Å². The molecule has 1 N–H and O–H groups in total. The maximum Gasteiger partial charge on any atom is 0.283 e. The maximum atomic E-state index is 13.3. The van der Waals surface area contributed by atoms with Crippen LogP contribution in [0.5, 0.6) is 0 Å². The Hall–Kier alpha value is -2.12. The lowest BCUT2D eigenvalue weighted by molar-refractivity contribution is -0.0733. The molecule has 1 aliphatic heterocycles. The molecule has 1 fully saturated rings. The first kappa shape index (κ1) is 16.7. The van der Waals surface area contributed by atoms with Crippen LogP contribution < -0.4 is 4.90 Å². The van der Waals surface area contributed by atoms with Crippen LogP contribution in [0.4, 0.5) is 14.6 Å². The van der Waals surface area contributed by atoms with Crippen LogP contribution in [-0.4, -0.2) is 65.2 Å². The minimum atomic E-state index is -3.04. The molecule has 5 nitrogen and oxygen atoms in total. The van der Waals surface area contributed by atoms with Crippen molar-refractivity contribution >= 4 is 5.82 Å². The molecule has 7 heteroatoms. The van der Waals surface area contributed by atoms with Crippen LogP contribution in [0, 0.1) is 0 Å². The first-order chi connectivity index (χ1) is 11.6. The maximum absolute atomic E-state index is 13.3. The number of hydrogen-bond acceptors (Lipinski definition) is 5. The fourth-order valence-electron chi connectivity index (χ4n) is 2.76. The monoisotopic (exact) mass is 334 g/mol. The van der Waals surface area contributed by atoms with Gasteiger partial charge in [0.2, 0.25) is 0 Å². The van der Waals surface area contributed by atoms with Gasteiger partial charge >= 0.3 is 0 Å². The highest BCUT2D eigenvalue weighted by atomic mass is 19.3. The Bertz CT molecular complexity index is 661. The van der Waals surface area contributed by atoms with Crippen molar-refractivity contribution in [3.8, 4) is 11.4 Å². The SMILES string of the molecule is OCC(F)(F)CN1CCN(c2ccnc(-c3ccccc3)n2)CC1. The summed E-state index contributed by atoms with van der Waals surface area (Å²) in [4.78, 5) is 12.6. The van der Waals surface area contributed by atoms with E-state index in [1.807, 2.05) is 36.4 Å². The van der Waals surface area contributed by atoms with Crippen LogP contribution in [0.25, 0.3) is 11.4 Å². The normalized spacial score (nSPS) is 16.4. The predicted octanol–water partition coefficient (Wildman–Crippen LogP) is 1.89. The number of nitrogens with zero attached hydrogens (tertiary/aromatic N) is 4. The highest BCUT2D eigenvalue weighted by Crippen LogP contribution is 2.20. The van der Waals surface area contributed by atoms with Gasteiger partial charge in [0, 0.05) is 37.9 Å². The van der Waals surface area contributed by atoms with Gasteiger partial charge in [-0.15, -0.1) is 0 Å². The van der Waals surface area contributed by atoms with Crippen molar-refractivity contribution in [2.45, 2.75) is 5.92 Å². The lowest BCUT2D eigenvalue weighted by Gasteiger charge is -2.36. The Morgan fingerprint density at radius 2 is 1.75 bits per heavy atom. The van der Waals surface area contributed by atoms with E-state index in [0.29, 0.717) is 32.0 Å². The van der Waals surface area contributed by atoms with Crippen LogP contribution in [0.3, 0.4) is 0 Å². The molecular formula is C17H20F2N4O. The number of benzene rings is 1. The van der Waals surface area contributed by atoms with E-state index < -0.39 is 19.1 Å². The average Bonchev–Trinajstić information content (AvgIpc) is 2.63. The molecule has 1 saturated heterocycles. The van der Waals surface area contributed by atoms with E-state index in [4.69, 9.17) is 5.11 Å². The molecule has 0 radical (unpaired) electrons. The van der Waals surface area contributed by atoms with Crippen molar-refractivity contribution < 1.29 is 13.9 Å². The fourth-order valence-corrected chi connectivity index (χ4v) is 2.76. The lowest BCUT2D eigenvalue weighted by Crippen LogP contribution is -2.50. The summed E-state index contributed by atoms with van der Waals surface area (Å²) < 4.78 is 26.5. The number of anilines is 1. The van der Waals surface area contributed by atoms with Gasteiger partial charge < -0.3 is 10.0 Å². The van der Waals surface area contributed by atoms with Crippen LogP contribution in [0.1, 0.15) is 0 Å². The van der Waals surface area contributed by atoms with Gasteiger partial charge in [0.1, 0.15) is 12.4 Å². The van der Waals surface area contributed by atoms with Crippen LogP contribution >= 0.6 is 0 Å². The molecule has 0 aliphatic carbocycles. The molecule has 1 aliphatic rings. The largest absolute Gasteiger partial charge is 0.390 e. The predicted molar refractivity (Wildman–Crippen MR) is 88.2 cm³/mol. The van der Waals surface area contributed by atoms with E-state index in [2.05, 4.69) is 14.9 Å². The van der Waals surface area contributed by atoms with Gasteiger partial charge in [0.15, 0.2) is 5.82 Å². The Morgan fingerprint density at radius 3 is 2.42 bits per heavy atom. The molecule has 24 heavy (non-hydrogen) atoms. The molecule has 0 saturated carbocycles. The van der Waals surface area contributed by atoms with Gasteiger partial charge in [-0.25, -0.2) is 18.7 Å². The topological polar surface area (TPSA) is 52.5 Å². The Kier molecular flexibility index (Phi) is 5.01. The molecule has 1 aromatic carbocycles. The summed E-state index contributed by atoms with van der Waals surface area (Å²) in [6, 6.07) is 11.6. The summed E-state index contributed by atoms with van der Waals surface area (Å²) in [6.07, 6.45) is 1.72. The zero-order valence-corrected chi connectivity index (χ0v) is 13.3. The number of piperazine rings is 1. The summed E-state index contributed by atoms with van der Waals surface area (Å²) in [5.41, 5.74) is 0.945. The summed E-state index contributed by atoms with van der Waals surface area (Å²) in [5.74, 6) is -1.59. The first-order valence-corrected chi connectivity index (χ1v) is 7.92. The Balaban J connectivity index is 1.65. The molecule has 1 aromatic heterocycles. The van der Waals surface area contributed by atoms with Gasteiger partial charge in [-0.2, -0.15) is 0 Å². The summed E-state index contributed by atoms with van der Waals surface area (Å²) in [5, 5.41) is 8.69. The van der Waals surface area contributed by atoms with Crippen molar-refractivity contribution in [2.75, 3.05) is 44.2 Å². The zero-order chi connectivity index (χ0) is 17.0. The van der Waals surface area contributed by atoms with Crippen molar-refractivity contribution in [1.29, 1.82) is 0 Å². The summed E-state index contributed by atoms with van der Waals surface area (Å²) in [6.45, 7) is 0.746. The Morgan fingerprint density at radius 1 is 1.04 bits per heavy atom. The second-order valence-electron chi connectivity index (χ2n) is 5.88. The van der Waals surface area contributed by atoms with E-state index in [1.54, 1.807) is 11.1 Å². The number of hydrogen-bond donors (Lipinski definition) is 1. The fraction of sp³-hybridized carbons (Fsp3) is 0.412. The summed E-state index contributed by atoms with van der Waals surface area (Å²) >= 11 is 0. The van der Waals surface area contributed by atoms with Crippen molar-refractivity contribution in [2.24, 2.45) is 0 Å². The molecule has 2 heterocycles. The van der Waals surface area contributed by atoms with Gasteiger partial charge in [-0.05, 0) is 6.07 Å². The van der Waals surface area contributed by atoms with E-state index >= 15 is 0 Å².